The van der Waals surface area contributed by atoms with Crippen LogP contribution >= 0.6 is 8.53 Å². The first-order valence-electron chi connectivity index (χ1n) is 28.6. The molecular formula is C61H85BN5O16P. The molecule has 0 aliphatic carbocycles. The van der Waals surface area contributed by atoms with E-state index in [4.69, 9.17) is 66.1 Å². The second kappa shape index (κ2) is 35.3. The summed E-state index contributed by atoms with van der Waals surface area (Å²) >= 11 is 0. The summed E-state index contributed by atoms with van der Waals surface area (Å²) in [6.45, 7) is 21.7. The maximum atomic E-state index is 12.7. The second-order valence-corrected chi connectivity index (χ2v) is 22.3. The SMILES string of the molecule is [B][C@@H]1O[C@H](COC(c2ccccc2)(c2ccc(OC)cc2)c2ccc(OC)cc2)C(OP(OCC[N+]#[C-])N(C(C)C)C(C)C)[C@@H]1C/C=C/CCCCNC(=O)NCCCCO[C@@H]1O[C@H](COC(C)=O)[C@H](OC(C)=O)[C@H](OC(C)=O)[C@H]1NC(C)=O. The molecule has 10 atom stereocenters. The molecule has 5 rings (SSSR count). The molecule has 3 aromatic carbocycles. The third kappa shape index (κ3) is 20.5. The normalized spacial score (nSPS) is 21.8. The summed E-state index contributed by atoms with van der Waals surface area (Å²) < 4.78 is 69.2. The number of carbonyl (C=O) groups excluding carboxylic acids is 5. The van der Waals surface area contributed by atoms with Crippen LogP contribution in [0.15, 0.2) is 91.0 Å². The van der Waals surface area contributed by atoms with Gasteiger partial charge in [-0.25, -0.2) is 16.0 Å². The molecule has 3 aromatic rings. The van der Waals surface area contributed by atoms with Gasteiger partial charge in [0.1, 0.15) is 56.4 Å². The van der Waals surface area contributed by atoms with Gasteiger partial charge in [0, 0.05) is 71.4 Å². The highest BCUT2D eigenvalue weighted by Crippen LogP contribution is 2.51. The topological polar surface area (TPSA) is 231 Å². The molecule has 21 nitrogen and oxygen atoms in total. The number of esters is 3. The number of nitrogens with one attached hydrogen (secondary N) is 3. The second-order valence-electron chi connectivity index (χ2n) is 20.9. The molecule has 0 aromatic heterocycles. The molecule has 2 aliphatic rings. The number of carbonyl (C=O) groups is 5. The molecule has 0 saturated carbocycles. The van der Waals surface area contributed by atoms with E-state index in [2.05, 4.69) is 65.3 Å². The molecule has 2 aliphatic heterocycles. The van der Waals surface area contributed by atoms with Crippen LogP contribution in [0, 0.1) is 12.5 Å². The Morgan fingerprint density at radius 2 is 1.29 bits per heavy atom. The van der Waals surface area contributed by atoms with Crippen molar-refractivity contribution in [2.45, 2.75) is 160 Å². The number of benzene rings is 3. The summed E-state index contributed by atoms with van der Waals surface area (Å²) in [6, 6.07) is 23.7. The monoisotopic (exact) mass is 1190 g/mol. The van der Waals surface area contributed by atoms with Crippen molar-refractivity contribution >= 4 is 46.2 Å². The Balaban J connectivity index is 1.19. The van der Waals surface area contributed by atoms with Gasteiger partial charge < -0.3 is 72.5 Å². The van der Waals surface area contributed by atoms with Gasteiger partial charge >= 0.3 is 23.9 Å². The average molecular weight is 1190 g/mol. The highest BCUT2D eigenvalue weighted by molar-refractivity contribution is 7.44. The highest BCUT2D eigenvalue weighted by Gasteiger charge is 2.52. The van der Waals surface area contributed by atoms with Crippen molar-refractivity contribution in [3.05, 3.63) is 119 Å². The summed E-state index contributed by atoms with van der Waals surface area (Å²) in [4.78, 5) is 64.4. The van der Waals surface area contributed by atoms with Gasteiger partial charge in [-0.3, -0.25) is 19.2 Å². The zero-order chi connectivity index (χ0) is 61.2. The number of methoxy groups -OCH3 is 2. The molecular weight excluding hydrogens is 1100 g/mol. The number of rotatable bonds is 34. The van der Waals surface area contributed by atoms with Crippen LogP contribution in [0.3, 0.4) is 0 Å². The smallest absolute Gasteiger partial charge is 0.314 e. The number of hydrogen-bond acceptors (Lipinski definition) is 17. The van der Waals surface area contributed by atoms with Crippen LogP contribution in [0.25, 0.3) is 4.85 Å². The number of ether oxygens (including phenoxy) is 9. The lowest BCUT2D eigenvalue weighted by Gasteiger charge is -2.44. The quantitative estimate of drug-likeness (QED) is 0.00750. The minimum Gasteiger partial charge on any atom is -0.497 e. The summed E-state index contributed by atoms with van der Waals surface area (Å²) in [5.41, 5.74) is 1.49. The van der Waals surface area contributed by atoms with Gasteiger partial charge in [-0.05, 0) is 107 Å². The fourth-order valence-electron chi connectivity index (χ4n) is 10.2. The molecule has 23 heteroatoms. The Kier molecular flexibility index (Phi) is 28.9. The Hall–Kier alpha value is -6.15. The van der Waals surface area contributed by atoms with Gasteiger partial charge in [-0.1, -0.05) is 66.7 Å². The van der Waals surface area contributed by atoms with Crippen molar-refractivity contribution in [1.29, 1.82) is 0 Å². The van der Waals surface area contributed by atoms with Crippen molar-refractivity contribution in [3.63, 3.8) is 0 Å². The van der Waals surface area contributed by atoms with E-state index in [1.54, 1.807) is 14.2 Å². The molecule has 458 valence electrons. The molecule has 2 radical (unpaired) electrons. The van der Waals surface area contributed by atoms with Crippen LogP contribution in [-0.4, -0.2) is 164 Å². The van der Waals surface area contributed by atoms with Crippen molar-refractivity contribution in [3.8, 4) is 11.5 Å². The lowest BCUT2D eigenvalue weighted by atomic mass is 9.79. The number of allylic oxidation sites excluding steroid dienone is 2. The first kappa shape index (κ1) is 68.6. The van der Waals surface area contributed by atoms with Gasteiger partial charge in [-0.15, -0.1) is 0 Å². The van der Waals surface area contributed by atoms with Crippen LogP contribution in [-0.2, 0) is 67.0 Å². The molecule has 2 fully saturated rings. The third-order valence-electron chi connectivity index (χ3n) is 13.9. The zero-order valence-corrected chi connectivity index (χ0v) is 51.0. The molecule has 84 heavy (non-hydrogen) atoms. The zero-order valence-electron chi connectivity index (χ0n) is 50.2. The Morgan fingerprint density at radius 1 is 0.714 bits per heavy atom. The van der Waals surface area contributed by atoms with Crippen LogP contribution in [0.5, 0.6) is 11.5 Å². The van der Waals surface area contributed by atoms with Crippen molar-refractivity contribution in [2.24, 2.45) is 5.92 Å². The molecule has 2 saturated heterocycles. The standard InChI is InChI=1S/C61H85BN5O16P/c1-40(2)67(41(3)4)84(78-37-35-63-9)83-55-51(58(62)81-53(55)39-77-61(46-22-16-15-17-23-46,47-25-29-49(73-10)30-26-47)48-27-31-50(74-11)32-28-48)24-18-13-12-14-19-33-64-60(72)65-34-20-21-36-75-59-54(66-42(5)68)57(80-45(8)71)56(79-44(7)70)52(82-59)38-76-43(6)69/h13,15-18,22-23,25-32,40-41,51-59H,12,14,19-21,24,33-39H2,1-8,10-11H3,(H,66,68)(H2,64,65,72)/b18-13+/t51-,52+,53+,54+,55?,56-,57+,58+,59+,84?/m0/s1. The van der Waals surface area contributed by atoms with Gasteiger partial charge in [0.15, 0.2) is 18.5 Å². The highest BCUT2D eigenvalue weighted by atomic mass is 31.2. The first-order chi connectivity index (χ1) is 40.3. The van der Waals surface area contributed by atoms with E-state index in [1.165, 1.54) is 20.8 Å². The minimum atomic E-state index is -1.69. The van der Waals surface area contributed by atoms with Crippen molar-refractivity contribution in [1.82, 2.24) is 20.6 Å². The molecule has 3 amide bonds. The molecule has 0 bridgehead atoms. The van der Waals surface area contributed by atoms with Crippen LogP contribution in [0.1, 0.15) is 111 Å². The third-order valence-corrected chi connectivity index (χ3v) is 16.0. The lowest BCUT2D eigenvalue weighted by molar-refractivity contribution is -0.277. The van der Waals surface area contributed by atoms with E-state index in [-0.39, 0.29) is 57.0 Å². The van der Waals surface area contributed by atoms with E-state index in [0.717, 1.165) is 42.9 Å². The first-order valence-corrected chi connectivity index (χ1v) is 29.8. The van der Waals surface area contributed by atoms with Gasteiger partial charge in [0.25, 0.3) is 8.53 Å². The van der Waals surface area contributed by atoms with E-state index >= 15 is 0 Å². The number of amides is 3. The van der Waals surface area contributed by atoms with Gasteiger partial charge in [0.05, 0.1) is 26.9 Å². The van der Waals surface area contributed by atoms with E-state index in [9.17, 15) is 24.0 Å². The summed E-state index contributed by atoms with van der Waals surface area (Å²) in [7, 11) is 8.53. The van der Waals surface area contributed by atoms with E-state index in [0.29, 0.717) is 43.9 Å². The molecule has 2 heterocycles. The predicted molar refractivity (Wildman–Crippen MR) is 316 cm³/mol. The minimum absolute atomic E-state index is 0.0558. The fraction of sp³-hybridized carbons (Fsp3) is 0.574. The number of nitrogens with zero attached hydrogens (tertiary/aromatic N) is 2. The Morgan fingerprint density at radius 3 is 1.83 bits per heavy atom. The maximum Gasteiger partial charge on any atom is 0.314 e. The average Bonchev–Trinajstić information content (AvgIpc) is 3.60. The van der Waals surface area contributed by atoms with Crippen LogP contribution in [0.2, 0.25) is 0 Å². The molecule has 3 N–H and O–H groups in total. The van der Waals surface area contributed by atoms with Gasteiger partial charge in [-0.2, -0.15) is 0 Å². The van der Waals surface area contributed by atoms with Crippen LogP contribution < -0.4 is 25.4 Å². The Bertz CT molecular complexity index is 2520. The van der Waals surface area contributed by atoms with E-state index < -0.39 is 86.8 Å². The number of unbranched alkanes of at least 4 members (excludes halogenated alkanes) is 3. The summed E-state index contributed by atoms with van der Waals surface area (Å²) in [6.07, 6.45) is 2.09. The van der Waals surface area contributed by atoms with Crippen molar-refractivity contribution < 1.29 is 75.7 Å². The molecule has 2 unspecified atom stereocenters. The van der Waals surface area contributed by atoms with Gasteiger partial charge in [0.2, 0.25) is 12.5 Å². The number of urea groups is 1. The largest absolute Gasteiger partial charge is 0.497 e. The van der Waals surface area contributed by atoms with Crippen molar-refractivity contribution in [2.75, 3.05) is 60.3 Å². The maximum absolute atomic E-state index is 12.7. The predicted octanol–water partition coefficient (Wildman–Crippen LogP) is 8.06. The fourth-order valence-corrected chi connectivity index (χ4v) is 11.9. The molecule has 0 spiro atoms. The number of hydrogen-bond donors (Lipinski definition) is 3. The summed E-state index contributed by atoms with van der Waals surface area (Å²) in [5.74, 6) is -1.41. The van der Waals surface area contributed by atoms with Crippen LogP contribution in [0.4, 0.5) is 4.79 Å². The van der Waals surface area contributed by atoms with E-state index in [1.807, 2.05) is 78.9 Å². The summed E-state index contributed by atoms with van der Waals surface area (Å²) in [5, 5.41) is 8.44. The Labute approximate surface area is 497 Å². The lowest BCUT2D eigenvalue weighted by Crippen LogP contribution is -2.66.